The summed E-state index contributed by atoms with van der Waals surface area (Å²) in [6, 6.07) is 0. The molecule has 1 rings (SSSR count). The molecule has 0 aromatic heterocycles. The van der Waals surface area contributed by atoms with Crippen LogP contribution in [0.5, 0.6) is 0 Å². The molecule has 1 saturated heterocycles. The topological polar surface area (TPSA) is 12.5 Å². The molecular weight excluding hydrogens is 126 g/mol. The number of hydrogen-bond acceptors (Lipinski definition) is 2. The SMILES string of the molecule is CN(C)C=C1CCOCC1. The van der Waals surface area contributed by atoms with Crippen LogP contribution >= 0.6 is 0 Å². The van der Waals surface area contributed by atoms with E-state index < -0.39 is 0 Å². The van der Waals surface area contributed by atoms with Crippen molar-refractivity contribution < 1.29 is 4.74 Å². The minimum absolute atomic E-state index is 0.902. The van der Waals surface area contributed by atoms with Crippen molar-refractivity contribution in [3.8, 4) is 0 Å². The molecule has 0 bridgehead atoms. The Bertz CT molecular complexity index is 121. The molecule has 0 aliphatic carbocycles. The second kappa shape index (κ2) is 3.62. The minimum atomic E-state index is 0.902. The molecule has 0 spiro atoms. The zero-order chi connectivity index (χ0) is 7.40. The van der Waals surface area contributed by atoms with E-state index in [1.807, 2.05) is 0 Å². The Morgan fingerprint density at radius 2 is 1.90 bits per heavy atom. The van der Waals surface area contributed by atoms with Gasteiger partial charge in [-0.2, -0.15) is 0 Å². The van der Waals surface area contributed by atoms with Crippen molar-refractivity contribution in [1.82, 2.24) is 4.90 Å². The molecule has 0 aromatic rings. The summed E-state index contributed by atoms with van der Waals surface area (Å²) in [4.78, 5) is 2.10. The molecule has 0 atom stereocenters. The third-order valence-corrected chi connectivity index (χ3v) is 1.58. The number of hydrogen-bond donors (Lipinski definition) is 0. The zero-order valence-corrected chi connectivity index (χ0v) is 6.76. The van der Waals surface area contributed by atoms with Gasteiger partial charge in [0.05, 0.1) is 13.2 Å². The van der Waals surface area contributed by atoms with Gasteiger partial charge in [-0.05, 0) is 24.6 Å². The molecule has 0 aromatic carbocycles. The highest BCUT2D eigenvalue weighted by Gasteiger charge is 2.04. The van der Waals surface area contributed by atoms with Crippen LogP contribution in [0.1, 0.15) is 12.8 Å². The number of ether oxygens (including phenoxy) is 1. The Morgan fingerprint density at radius 1 is 1.30 bits per heavy atom. The lowest BCUT2D eigenvalue weighted by molar-refractivity contribution is 0.118. The van der Waals surface area contributed by atoms with Crippen molar-refractivity contribution in [2.45, 2.75) is 12.8 Å². The molecule has 0 N–H and O–H groups in total. The Labute approximate surface area is 62.5 Å². The minimum Gasteiger partial charge on any atom is -0.384 e. The Kier molecular flexibility index (Phi) is 2.75. The second-order valence-corrected chi connectivity index (χ2v) is 2.86. The van der Waals surface area contributed by atoms with Crippen LogP contribution in [-0.4, -0.2) is 32.2 Å². The average molecular weight is 141 g/mol. The van der Waals surface area contributed by atoms with E-state index >= 15 is 0 Å². The molecule has 1 aliphatic heterocycles. The summed E-state index contributed by atoms with van der Waals surface area (Å²) >= 11 is 0. The summed E-state index contributed by atoms with van der Waals surface area (Å²) < 4.78 is 5.22. The highest BCUT2D eigenvalue weighted by Crippen LogP contribution is 2.12. The highest BCUT2D eigenvalue weighted by atomic mass is 16.5. The van der Waals surface area contributed by atoms with E-state index in [4.69, 9.17) is 4.74 Å². The van der Waals surface area contributed by atoms with Crippen LogP contribution in [0.25, 0.3) is 0 Å². The van der Waals surface area contributed by atoms with Crippen molar-refractivity contribution in [3.63, 3.8) is 0 Å². The summed E-state index contributed by atoms with van der Waals surface area (Å²) in [6.45, 7) is 1.80. The lowest BCUT2D eigenvalue weighted by Gasteiger charge is -2.16. The quantitative estimate of drug-likeness (QED) is 0.545. The first-order chi connectivity index (χ1) is 4.79. The van der Waals surface area contributed by atoms with E-state index in [1.54, 1.807) is 0 Å². The summed E-state index contributed by atoms with van der Waals surface area (Å²) in [5.41, 5.74) is 1.51. The maximum absolute atomic E-state index is 5.22. The molecule has 0 radical (unpaired) electrons. The molecule has 0 unspecified atom stereocenters. The maximum atomic E-state index is 5.22. The molecule has 0 amide bonds. The molecule has 1 aliphatic rings. The molecule has 58 valence electrons. The van der Waals surface area contributed by atoms with Crippen LogP contribution in [0, 0.1) is 0 Å². The van der Waals surface area contributed by atoms with Crippen molar-refractivity contribution in [3.05, 3.63) is 11.8 Å². The normalized spacial score (nSPS) is 18.8. The van der Waals surface area contributed by atoms with E-state index in [0.29, 0.717) is 0 Å². The summed E-state index contributed by atoms with van der Waals surface area (Å²) in [7, 11) is 4.12. The average Bonchev–Trinajstić information content (AvgIpc) is 1.88. The lowest BCUT2D eigenvalue weighted by Crippen LogP contribution is -2.11. The van der Waals surface area contributed by atoms with E-state index in [-0.39, 0.29) is 0 Å². The molecule has 10 heavy (non-hydrogen) atoms. The van der Waals surface area contributed by atoms with E-state index in [1.165, 1.54) is 5.57 Å². The van der Waals surface area contributed by atoms with Gasteiger partial charge in [-0.1, -0.05) is 0 Å². The van der Waals surface area contributed by atoms with Gasteiger partial charge in [-0.25, -0.2) is 0 Å². The second-order valence-electron chi connectivity index (χ2n) is 2.86. The largest absolute Gasteiger partial charge is 0.384 e. The number of nitrogens with zero attached hydrogens (tertiary/aromatic N) is 1. The zero-order valence-electron chi connectivity index (χ0n) is 6.76. The third kappa shape index (κ3) is 2.40. The van der Waals surface area contributed by atoms with Gasteiger partial charge in [0.25, 0.3) is 0 Å². The lowest BCUT2D eigenvalue weighted by atomic mass is 10.1. The van der Waals surface area contributed by atoms with Gasteiger partial charge in [-0.3, -0.25) is 0 Å². The van der Waals surface area contributed by atoms with Crippen molar-refractivity contribution in [1.29, 1.82) is 0 Å². The van der Waals surface area contributed by atoms with Gasteiger partial charge in [0.2, 0.25) is 0 Å². The van der Waals surface area contributed by atoms with E-state index in [2.05, 4.69) is 25.2 Å². The van der Waals surface area contributed by atoms with Crippen LogP contribution in [0.15, 0.2) is 11.8 Å². The summed E-state index contributed by atoms with van der Waals surface area (Å²) in [5, 5.41) is 0. The van der Waals surface area contributed by atoms with Gasteiger partial charge >= 0.3 is 0 Å². The number of rotatable bonds is 1. The van der Waals surface area contributed by atoms with Gasteiger partial charge in [0.1, 0.15) is 0 Å². The summed E-state index contributed by atoms with van der Waals surface area (Å²) in [5.74, 6) is 0. The van der Waals surface area contributed by atoms with Gasteiger partial charge in [0, 0.05) is 14.1 Å². The molecular formula is C8H15NO. The van der Waals surface area contributed by atoms with Crippen LogP contribution in [0.3, 0.4) is 0 Å². The Morgan fingerprint density at radius 3 is 2.40 bits per heavy atom. The first-order valence-corrected chi connectivity index (χ1v) is 3.73. The monoisotopic (exact) mass is 141 g/mol. The predicted molar refractivity (Wildman–Crippen MR) is 41.8 cm³/mol. The molecule has 0 saturated carbocycles. The molecule has 2 nitrogen and oxygen atoms in total. The Balaban J connectivity index is 2.37. The van der Waals surface area contributed by atoms with Gasteiger partial charge in [0.15, 0.2) is 0 Å². The van der Waals surface area contributed by atoms with Crippen LogP contribution < -0.4 is 0 Å². The summed E-state index contributed by atoms with van der Waals surface area (Å²) in [6.07, 6.45) is 4.42. The fourth-order valence-electron chi connectivity index (χ4n) is 1.13. The fourth-order valence-corrected chi connectivity index (χ4v) is 1.13. The van der Waals surface area contributed by atoms with Crippen molar-refractivity contribution >= 4 is 0 Å². The first-order valence-electron chi connectivity index (χ1n) is 3.73. The fraction of sp³-hybridized carbons (Fsp3) is 0.750. The van der Waals surface area contributed by atoms with Crippen molar-refractivity contribution in [2.75, 3.05) is 27.3 Å². The third-order valence-electron chi connectivity index (χ3n) is 1.58. The molecule has 2 heteroatoms. The van der Waals surface area contributed by atoms with E-state index in [0.717, 1.165) is 26.1 Å². The maximum Gasteiger partial charge on any atom is 0.0504 e. The molecule has 1 heterocycles. The standard InChI is InChI=1S/C8H15NO/c1-9(2)7-8-3-5-10-6-4-8/h7H,3-6H2,1-2H3. The Hall–Kier alpha value is -0.500. The highest BCUT2D eigenvalue weighted by molar-refractivity contribution is 5.02. The van der Waals surface area contributed by atoms with E-state index in [9.17, 15) is 0 Å². The predicted octanol–water partition coefficient (Wildman–Crippen LogP) is 1.24. The van der Waals surface area contributed by atoms with Crippen molar-refractivity contribution in [2.24, 2.45) is 0 Å². The molecule has 1 fully saturated rings. The van der Waals surface area contributed by atoms with Crippen LogP contribution in [0.2, 0.25) is 0 Å². The van der Waals surface area contributed by atoms with Crippen LogP contribution in [-0.2, 0) is 4.74 Å². The first kappa shape index (κ1) is 7.61. The van der Waals surface area contributed by atoms with Gasteiger partial charge < -0.3 is 9.64 Å². The smallest absolute Gasteiger partial charge is 0.0504 e. The van der Waals surface area contributed by atoms with Crippen LogP contribution in [0.4, 0.5) is 0 Å². The van der Waals surface area contributed by atoms with Gasteiger partial charge in [-0.15, -0.1) is 0 Å².